The molecule has 1 atom stereocenters. The first-order valence-electron chi connectivity index (χ1n) is 14.0. The lowest BCUT2D eigenvalue weighted by molar-refractivity contribution is -0.205. The van der Waals surface area contributed by atoms with Gasteiger partial charge in [-0.1, -0.05) is 5.92 Å². The molecule has 0 radical (unpaired) electrons. The van der Waals surface area contributed by atoms with Gasteiger partial charge in [-0.05, 0) is 12.8 Å². The fraction of sp³-hybridized carbons (Fsp3) is 0.538. The summed E-state index contributed by atoms with van der Waals surface area (Å²) in [7, 11) is 0. The number of ether oxygens (including phenoxy) is 3. The number of hydroxylamine groups is 6. The number of rotatable bonds is 10. The Hall–Kier alpha value is -5.30. The van der Waals surface area contributed by atoms with Gasteiger partial charge < -0.3 is 34.1 Å². The van der Waals surface area contributed by atoms with Crippen LogP contribution in [0.2, 0.25) is 0 Å². The third kappa shape index (κ3) is 15.5. The Morgan fingerprint density at radius 1 is 0.723 bits per heavy atom. The van der Waals surface area contributed by atoms with E-state index in [9.17, 15) is 47.9 Å². The number of carboxylic acid groups (broad SMARTS) is 2. The summed E-state index contributed by atoms with van der Waals surface area (Å²) < 4.78 is 20.5. The highest BCUT2D eigenvalue weighted by atomic mass is 16.7. The van der Waals surface area contributed by atoms with E-state index in [1.807, 2.05) is 0 Å². The van der Waals surface area contributed by atoms with Crippen molar-refractivity contribution in [2.45, 2.75) is 57.5 Å². The van der Waals surface area contributed by atoms with E-state index in [-0.39, 0.29) is 49.7 Å². The lowest BCUT2D eigenvalue weighted by Gasteiger charge is -2.13. The SMILES string of the molecule is O=C(COCC(=O)ON1C(=O)CCC1=O)ON1C(=O)CCC1=O.O=C(O)COCC(=O)O.O=C1CCC(=O)N1O.[2H]C#CC1CCCO1. The average molecular weight is 675 g/mol. The van der Waals surface area contributed by atoms with Crippen molar-refractivity contribution >= 4 is 59.3 Å². The Kier molecular flexibility index (Phi) is 16.7. The van der Waals surface area contributed by atoms with Crippen molar-refractivity contribution in [2.24, 2.45) is 0 Å². The second kappa shape index (κ2) is 20.7. The molecule has 0 aromatic carbocycles. The largest absolute Gasteiger partial charge is 0.480 e. The second-order valence-corrected chi connectivity index (χ2v) is 9.11. The zero-order valence-corrected chi connectivity index (χ0v) is 24.6. The number of hydrogen-bond acceptors (Lipinski definition) is 16. The minimum atomic E-state index is -1.17. The molecule has 1 unspecified atom stereocenters. The van der Waals surface area contributed by atoms with Crippen molar-refractivity contribution in [3.63, 3.8) is 0 Å². The molecule has 0 aromatic heterocycles. The maximum absolute atomic E-state index is 11.4. The highest BCUT2D eigenvalue weighted by Gasteiger charge is 2.34. The van der Waals surface area contributed by atoms with E-state index in [1.165, 1.54) is 0 Å². The molecule has 4 saturated heterocycles. The van der Waals surface area contributed by atoms with E-state index in [4.69, 9.17) is 21.5 Å². The molecule has 3 N–H and O–H groups in total. The van der Waals surface area contributed by atoms with E-state index in [1.54, 1.807) is 0 Å². The number of hydrogen-bond donors (Lipinski definition) is 3. The van der Waals surface area contributed by atoms with Gasteiger partial charge in [0.1, 0.15) is 33.9 Å². The van der Waals surface area contributed by atoms with Gasteiger partial charge in [-0.15, -0.1) is 16.5 Å². The quantitative estimate of drug-likeness (QED) is 0.125. The standard InChI is InChI=1S/C12H12N2O9.C6H8O.C4H5NO3.C4H6O5/c15-7-1-2-8(16)13(7)22-11(19)5-21-6-12(20)23-14-9(17)3-4-10(14)18;1-2-6-4-3-5-7-6;6-3-1-2-4(7)5(3)8;5-3(6)1-9-2-4(7)8/h1-6H2;1,6H,3-5H2;8H,1-2H2;1-2H2,(H,5,6)(H,7,8)/i;1D;;. The summed E-state index contributed by atoms with van der Waals surface area (Å²) in [6.45, 7) is -1.76. The first kappa shape index (κ1) is 37.9. The van der Waals surface area contributed by atoms with Crippen LogP contribution in [-0.4, -0.2) is 129 Å². The molecule has 4 aliphatic rings. The van der Waals surface area contributed by atoms with Crippen molar-refractivity contribution in [1.29, 1.82) is 0 Å². The van der Waals surface area contributed by atoms with Gasteiger partial charge in [0.15, 0.2) is 0 Å². The van der Waals surface area contributed by atoms with Gasteiger partial charge in [0, 0.05) is 45.1 Å². The van der Waals surface area contributed by atoms with Gasteiger partial charge in [-0.25, -0.2) is 19.2 Å². The molecule has 0 aromatic rings. The van der Waals surface area contributed by atoms with Crippen molar-refractivity contribution in [1.82, 2.24) is 15.2 Å². The second-order valence-electron chi connectivity index (χ2n) is 9.11. The first-order valence-corrected chi connectivity index (χ1v) is 13.5. The van der Waals surface area contributed by atoms with Gasteiger partial charge in [0.05, 0.1) is 0 Å². The van der Waals surface area contributed by atoms with Gasteiger partial charge in [0.2, 0.25) is 0 Å². The van der Waals surface area contributed by atoms with Crippen LogP contribution in [0.4, 0.5) is 0 Å². The Bertz CT molecular complexity index is 1210. The minimum absolute atomic E-state index is 0.0445. The van der Waals surface area contributed by atoms with Crippen LogP contribution in [0.5, 0.6) is 0 Å². The van der Waals surface area contributed by atoms with Crippen LogP contribution in [0.3, 0.4) is 0 Å². The molecule has 258 valence electrons. The van der Waals surface area contributed by atoms with Crippen LogP contribution in [-0.2, 0) is 71.8 Å². The topological polar surface area (TPSA) is 287 Å². The summed E-state index contributed by atoms with van der Waals surface area (Å²) in [5.41, 5.74) is 0. The third-order valence-corrected chi connectivity index (χ3v) is 5.40. The number of aliphatic carboxylic acids is 2. The van der Waals surface area contributed by atoms with Crippen LogP contribution < -0.4 is 0 Å². The molecular formula is C26H31N3O18. The van der Waals surface area contributed by atoms with Crippen molar-refractivity contribution in [3.8, 4) is 12.3 Å². The summed E-state index contributed by atoms with van der Waals surface area (Å²) in [6, 6.07) is 0. The molecule has 4 aliphatic heterocycles. The Labute approximate surface area is 266 Å². The maximum atomic E-state index is 11.4. The summed E-state index contributed by atoms with van der Waals surface area (Å²) in [5.74, 6) is -5.41. The summed E-state index contributed by atoms with van der Waals surface area (Å²) in [5, 5.41) is 25.1. The van der Waals surface area contributed by atoms with Gasteiger partial charge in [0.25, 0.3) is 35.4 Å². The number of terminal acetylenes is 1. The molecular weight excluding hydrogens is 642 g/mol. The zero-order valence-electron chi connectivity index (χ0n) is 25.6. The fourth-order valence-electron chi connectivity index (χ4n) is 3.27. The first-order chi connectivity index (χ1) is 22.7. The Balaban J connectivity index is 0.000000376. The van der Waals surface area contributed by atoms with E-state index >= 15 is 0 Å². The summed E-state index contributed by atoms with van der Waals surface area (Å²) >= 11 is 0. The number of carboxylic acids is 2. The predicted molar refractivity (Wildman–Crippen MR) is 142 cm³/mol. The smallest absolute Gasteiger partial charge is 0.358 e. The highest BCUT2D eigenvalue weighted by molar-refractivity contribution is 6.02. The molecule has 21 heteroatoms. The van der Waals surface area contributed by atoms with Crippen molar-refractivity contribution in [2.75, 3.05) is 33.0 Å². The molecule has 0 aliphatic carbocycles. The van der Waals surface area contributed by atoms with Crippen LogP contribution >= 0.6 is 0 Å². The monoisotopic (exact) mass is 674 g/mol. The van der Waals surface area contributed by atoms with E-state index in [0.29, 0.717) is 10.1 Å². The Morgan fingerprint density at radius 2 is 1.11 bits per heavy atom. The van der Waals surface area contributed by atoms with Crippen LogP contribution in [0.25, 0.3) is 0 Å². The lowest BCUT2D eigenvalue weighted by Crippen LogP contribution is -2.35. The summed E-state index contributed by atoms with van der Waals surface area (Å²) in [6.07, 6.45) is 4.37. The summed E-state index contributed by atoms with van der Waals surface area (Å²) in [4.78, 5) is 116. The molecule has 0 bridgehead atoms. The molecule has 6 amide bonds. The number of amides is 6. The molecule has 0 spiro atoms. The van der Waals surface area contributed by atoms with E-state index in [0.717, 1.165) is 19.4 Å². The number of imide groups is 3. The van der Waals surface area contributed by atoms with Gasteiger partial charge in [-0.2, -0.15) is 5.06 Å². The predicted octanol–water partition coefficient (Wildman–Crippen LogP) is -2.29. The molecule has 4 heterocycles. The third-order valence-electron chi connectivity index (χ3n) is 5.40. The normalized spacial score (nSPS) is 18.5. The number of carbonyl (C=O) groups excluding carboxylic acids is 8. The molecule has 0 saturated carbocycles. The zero-order chi connectivity index (χ0) is 36.2. The van der Waals surface area contributed by atoms with Crippen LogP contribution in [0, 0.1) is 12.3 Å². The molecule has 4 rings (SSSR count). The number of nitrogens with zero attached hydrogens (tertiary/aromatic N) is 3. The Morgan fingerprint density at radius 3 is 1.40 bits per heavy atom. The minimum Gasteiger partial charge on any atom is -0.480 e. The van der Waals surface area contributed by atoms with Gasteiger partial charge >= 0.3 is 23.9 Å². The van der Waals surface area contributed by atoms with E-state index in [2.05, 4.69) is 31.5 Å². The molecule has 4 fully saturated rings. The van der Waals surface area contributed by atoms with E-state index < -0.39 is 85.7 Å². The molecule has 47 heavy (non-hydrogen) atoms. The maximum Gasteiger partial charge on any atom is 0.358 e. The lowest BCUT2D eigenvalue weighted by atomic mass is 10.2. The fourth-order valence-corrected chi connectivity index (χ4v) is 3.27. The van der Waals surface area contributed by atoms with Crippen LogP contribution in [0.15, 0.2) is 0 Å². The molecule has 21 nitrogen and oxygen atoms in total. The number of carbonyl (C=O) groups is 10. The average Bonchev–Trinajstić information content (AvgIpc) is 3.80. The van der Waals surface area contributed by atoms with Crippen molar-refractivity contribution in [3.05, 3.63) is 0 Å². The van der Waals surface area contributed by atoms with Crippen LogP contribution in [0.1, 0.15) is 52.7 Å². The highest BCUT2D eigenvalue weighted by Crippen LogP contribution is 2.13. The van der Waals surface area contributed by atoms with Gasteiger partial charge in [-0.3, -0.25) is 34.0 Å². The van der Waals surface area contributed by atoms with Crippen molar-refractivity contribution < 1.29 is 88.6 Å².